The monoisotopic (exact) mass is 1070 g/mol. The molecule has 1 aliphatic heterocycles. The molecule has 21 heteroatoms. The van der Waals surface area contributed by atoms with Crippen molar-refractivity contribution >= 4 is 33.4 Å². The van der Waals surface area contributed by atoms with Crippen LogP contribution in [0, 0.1) is 0 Å². The van der Waals surface area contributed by atoms with Crippen LogP contribution in [0.5, 0.6) is 0 Å². The number of hydrogen-bond donors (Lipinski definition) is 6. The number of phosphoric ester groups is 2. The zero-order valence-electron chi connectivity index (χ0n) is 43.3. The van der Waals surface area contributed by atoms with Crippen molar-refractivity contribution in [1.29, 1.82) is 0 Å². The summed E-state index contributed by atoms with van der Waals surface area (Å²) < 4.78 is 56.7. The molecule has 0 radical (unpaired) electrons. The Labute approximate surface area is 433 Å². The number of nitrogens with zero attached hydrogens (tertiary/aromatic N) is 2. The Kier molecular flexibility index (Phi) is 35.7. The molecule has 1 saturated heterocycles. The number of hydrogen-bond acceptors (Lipinski definition) is 16. The van der Waals surface area contributed by atoms with Gasteiger partial charge < -0.3 is 45.1 Å². The number of ether oxygens (including phenoxy) is 3. The van der Waals surface area contributed by atoms with Gasteiger partial charge in [0, 0.05) is 19.0 Å². The predicted octanol–water partition coefficient (Wildman–Crippen LogP) is 10.1. The van der Waals surface area contributed by atoms with Gasteiger partial charge in [-0.15, -0.1) is 0 Å². The van der Waals surface area contributed by atoms with E-state index in [-0.39, 0.29) is 18.7 Å². The molecule has 416 valence electrons. The third kappa shape index (κ3) is 32.5. The number of carbonyl (C=O) groups excluding carboxylic acids is 2. The third-order valence-corrected chi connectivity index (χ3v) is 14.3. The number of aliphatic hydroxyl groups is 3. The summed E-state index contributed by atoms with van der Waals surface area (Å²) >= 11 is 0. The van der Waals surface area contributed by atoms with E-state index >= 15 is 0 Å². The largest absolute Gasteiger partial charge is 0.481 e. The van der Waals surface area contributed by atoms with Crippen molar-refractivity contribution in [2.24, 2.45) is 0 Å². The molecule has 0 spiro atoms. The second kappa shape index (κ2) is 39.8. The Morgan fingerprint density at radius 3 is 1.96 bits per heavy atom. The standard InChI is InChI=1S/C52H87N3O16P2/c1-3-5-7-9-11-13-14-15-16-17-18-19-20-22-24-28-32-36-47(57)66-40-44(69-48(58)37-33-29-25-27-31-35-43(56)34-30-26-23-21-12-10-8-6-4-2)41-67-72(62,63)71-73(64,65)68-42-45-49(59)50(60)51(70-45)55-39-38-46(53)54-52(55)61/h12,15-16,21,25-27,30-31,35,38-39,43-45,49-51,56,59-60H,3-11,13-14,17-20,22-24,28-29,32-34,36-37,40-42H2,1-2H3,(H,62,63)(H,64,65)(H2,53,54,61)/b16-15-,21-12-,27-25+,30-26-,35-31-/t43?,44-,45-,49-,50-,51-/m1/s1. The lowest BCUT2D eigenvalue weighted by molar-refractivity contribution is -0.161. The first-order valence-corrected chi connectivity index (χ1v) is 29.4. The molecule has 0 bridgehead atoms. The van der Waals surface area contributed by atoms with Gasteiger partial charge in [0.1, 0.15) is 30.7 Å². The molecule has 1 fully saturated rings. The average Bonchev–Trinajstić information content (AvgIpc) is 3.62. The first-order valence-electron chi connectivity index (χ1n) is 26.4. The molecule has 0 aromatic carbocycles. The topological polar surface area (TPSA) is 286 Å². The van der Waals surface area contributed by atoms with Crippen LogP contribution >= 0.6 is 15.6 Å². The fourth-order valence-corrected chi connectivity index (χ4v) is 9.61. The number of nitrogens with two attached hydrogens (primary N) is 1. The number of aromatic nitrogens is 2. The van der Waals surface area contributed by atoms with Crippen LogP contribution in [0.1, 0.15) is 181 Å². The molecular formula is C52H87N3O16P2. The fourth-order valence-electron chi connectivity index (χ4n) is 7.50. The highest BCUT2D eigenvalue weighted by Gasteiger charge is 2.46. The SMILES string of the molecule is CCCCC/C=C\C/C=C\CC(O)/C=C\C=C\CCCC(=O)O[C@H](COC(=O)CCCCCCCCC/C=C\CCCCCCCC)COP(=O)(O)OP(=O)(O)OC[C@H]1O[C@@H](n2ccc(N)nc2=O)[C@H](O)[C@@H]1O. The normalized spacial score (nSPS) is 19.9. The fraction of sp³-hybridized carbons (Fsp3) is 0.692. The van der Waals surface area contributed by atoms with E-state index in [0.29, 0.717) is 25.7 Å². The zero-order chi connectivity index (χ0) is 53.6. The molecule has 1 aromatic rings. The Balaban J connectivity index is 1.84. The van der Waals surface area contributed by atoms with Crippen molar-refractivity contribution in [2.75, 3.05) is 25.6 Å². The second-order valence-electron chi connectivity index (χ2n) is 18.2. The van der Waals surface area contributed by atoms with E-state index in [2.05, 4.69) is 47.4 Å². The number of aliphatic hydroxyl groups excluding tert-OH is 3. The first-order chi connectivity index (χ1) is 35.1. The summed E-state index contributed by atoms with van der Waals surface area (Å²) in [6.45, 7) is 1.98. The highest BCUT2D eigenvalue weighted by molar-refractivity contribution is 7.61. The minimum atomic E-state index is -5.46. The Hall–Kier alpha value is -3.58. The van der Waals surface area contributed by atoms with E-state index in [4.69, 9.17) is 29.0 Å². The Bertz CT molecular complexity index is 1980. The summed E-state index contributed by atoms with van der Waals surface area (Å²) in [6, 6.07) is 1.24. The van der Waals surface area contributed by atoms with Crippen LogP contribution in [-0.4, -0.2) is 96.9 Å². The molecule has 0 aliphatic carbocycles. The summed E-state index contributed by atoms with van der Waals surface area (Å²) in [5, 5.41) is 31.1. The molecule has 0 saturated carbocycles. The van der Waals surface area contributed by atoms with E-state index in [1.165, 1.54) is 63.9 Å². The minimum Gasteiger partial charge on any atom is -0.462 e. The van der Waals surface area contributed by atoms with E-state index in [0.717, 1.165) is 75.0 Å². The minimum absolute atomic E-state index is 0.0873. The summed E-state index contributed by atoms with van der Waals surface area (Å²) in [4.78, 5) is 61.9. The summed E-state index contributed by atoms with van der Waals surface area (Å²) in [7, 11) is -10.9. The number of allylic oxidation sites excluding steroid dienone is 8. The molecular weight excluding hydrogens is 985 g/mol. The maximum Gasteiger partial charge on any atom is 0.481 e. The van der Waals surface area contributed by atoms with Gasteiger partial charge in [-0.05, 0) is 76.7 Å². The van der Waals surface area contributed by atoms with Crippen molar-refractivity contribution in [3.8, 4) is 0 Å². The van der Waals surface area contributed by atoms with E-state index in [9.17, 15) is 48.6 Å². The van der Waals surface area contributed by atoms with Gasteiger partial charge in [-0.1, -0.05) is 152 Å². The number of rotatable bonds is 43. The highest BCUT2D eigenvalue weighted by atomic mass is 31.3. The number of carbonyl (C=O) groups is 2. The van der Waals surface area contributed by atoms with Crippen LogP contribution in [0.15, 0.2) is 77.8 Å². The molecule has 3 unspecified atom stereocenters. The lowest BCUT2D eigenvalue weighted by Gasteiger charge is -2.21. The van der Waals surface area contributed by atoms with Crippen molar-refractivity contribution < 1.29 is 71.4 Å². The molecule has 1 aromatic heterocycles. The van der Waals surface area contributed by atoms with Crippen LogP contribution in [0.4, 0.5) is 5.82 Å². The number of phosphoric acid groups is 2. The van der Waals surface area contributed by atoms with Gasteiger partial charge in [0.15, 0.2) is 12.3 Å². The van der Waals surface area contributed by atoms with E-state index in [1.54, 1.807) is 18.2 Å². The zero-order valence-corrected chi connectivity index (χ0v) is 45.1. The Morgan fingerprint density at radius 2 is 1.29 bits per heavy atom. The average molecular weight is 1070 g/mol. The molecule has 19 nitrogen and oxygen atoms in total. The first kappa shape index (κ1) is 65.5. The quantitative estimate of drug-likeness (QED) is 0.0117. The Morgan fingerprint density at radius 1 is 0.726 bits per heavy atom. The lowest BCUT2D eigenvalue weighted by Crippen LogP contribution is -2.36. The van der Waals surface area contributed by atoms with Crippen LogP contribution in [-0.2, 0) is 46.3 Å². The molecule has 73 heavy (non-hydrogen) atoms. The van der Waals surface area contributed by atoms with Crippen molar-refractivity contribution in [1.82, 2.24) is 9.55 Å². The van der Waals surface area contributed by atoms with Crippen LogP contribution in [0.2, 0.25) is 0 Å². The summed E-state index contributed by atoms with van der Waals surface area (Å²) in [5.41, 5.74) is 4.58. The van der Waals surface area contributed by atoms with Gasteiger partial charge in [-0.2, -0.15) is 9.29 Å². The van der Waals surface area contributed by atoms with Gasteiger partial charge in [0.2, 0.25) is 0 Å². The molecule has 1 aliphatic rings. The van der Waals surface area contributed by atoms with Crippen molar-refractivity contribution in [3.63, 3.8) is 0 Å². The maximum absolute atomic E-state index is 12.9. The number of anilines is 1. The second-order valence-corrected chi connectivity index (χ2v) is 21.3. The van der Waals surface area contributed by atoms with Gasteiger partial charge in [-0.3, -0.25) is 23.2 Å². The van der Waals surface area contributed by atoms with Gasteiger partial charge in [0.05, 0.1) is 19.3 Å². The summed E-state index contributed by atoms with van der Waals surface area (Å²) in [6.07, 6.45) is 36.1. The number of nitrogen functional groups attached to an aromatic ring is 1. The van der Waals surface area contributed by atoms with E-state index < -0.39 is 89.8 Å². The van der Waals surface area contributed by atoms with Crippen LogP contribution < -0.4 is 11.4 Å². The molecule has 8 atom stereocenters. The maximum atomic E-state index is 12.9. The highest BCUT2D eigenvalue weighted by Crippen LogP contribution is 2.60. The van der Waals surface area contributed by atoms with Crippen LogP contribution in [0.25, 0.3) is 0 Å². The van der Waals surface area contributed by atoms with E-state index in [1.807, 2.05) is 18.2 Å². The molecule has 7 N–H and O–H groups in total. The van der Waals surface area contributed by atoms with Gasteiger partial charge in [-0.25, -0.2) is 13.9 Å². The smallest absolute Gasteiger partial charge is 0.462 e. The van der Waals surface area contributed by atoms with Gasteiger partial charge in [0.25, 0.3) is 0 Å². The van der Waals surface area contributed by atoms with Gasteiger partial charge >= 0.3 is 33.3 Å². The van der Waals surface area contributed by atoms with Crippen molar-refractivity contribution in [3.05, 3.63) is 83.5 Å². The number of unbranched alkanes of at least 4 members (excludes halogenated alkanes) is 17. The summed E-state index contributed by atoms with van der Waals surface area (Å²) in [5.74, 6) is -1.44. The van der Waals surface area contributed by atoms with Crippen LogP contribution in [0.3, 0.4) is 0 Å². The number of esters is 2. The molecule has 2 heterocycles. The third-order valence-electron chi connectivity index (χ3n) is 11.7. The van der Waals surface area contributed by atoms with Crippen molar-refractivity contribution in [2.45, 2.75) is 211 Å². The molecule has 2 rings (SSSR count). The molecule has 0 amide bonds. The lowest BCUT2D eigenvalue weighted by atomic mass is 10.1. The predicted molar refractivity (Wildman–Crippen MR) is 281 cm³/mol.